The van der Waals surface area contributed by atoms with E-state index in [4.69, 9.17) is 9.47 Å². The van der Waals surface area contributed by atoms with E-state index >= 15 is 0 Å². The minimum absolute atomic E-state index is 0.0535. The normalized spacial score (nSPS) is 20.7. The number of methoxy groups -OCH3 is 1. The van der Waals surface area contributed by atoms with Crippen molar-refractivity contribution in [3.8, 4) is 5.75 Å². The van der Waals surface area contributed by atoms with Crippen molar-refractivity contribution in [2.75, 3.05) is 25.1 Å². The Morgan fingerprint density at radius 2 is 1.81 bits per heavy atom. The number of fused-ring (bicyclic) bond motifs is 2. The van der Waals surface area contributed by atoms with Crippen LogP contribution in [0.3, 0.4) is 0 Å². The van der Waals surface area contributed by atoms with Crippen molar-refractivity contribution in [3.63, 3.8) is 0 Å². The average molecular weight is 423 g/mol. The summed E-state index contributed by atoms with van der Waals surface area (Å²) < 4.78 is 10.8. The maximum absolute atomic E-state index is 13.8. The van der Waals surface area contributed by atoms with E-state index in [1.807, 2.05) is 74.2 Å². The topological polar surface area (TPSA) is 59.1 Å². The SMILES string of the molecule is COc1ccc(CN2C(=O)C3(CCCN(C(=O)OC(C)(C)C)C3)c3ccccc32)cc1. The molecule has 1 unspecified atom stereocenters. The predicted molar refractivity (Wildman–Crippen MR) is 119 cm³/mol. The van der Waals surface area contributed by atoms with E-state index in [0.717, 1.165) is 35.4 Å². The minimum atomic E-state index is -0.724. The van der Waals surface area contributed by atoms with Gasteiger partial charge < -0.3 is 19.3 Å². The van der Waals surface area contributed by atoms with Gasteiger partial charge in [-0.05, 0) is 62.9 Å². The molecule has 6 nitrogen and oxygen atoms in total. The van der Waals surface area contributed by atoms with Crippen LogP contribution in [-0.2, 0) is 21.5 Å². The Labute approximate surface area is 183 Å². The first kappa shape index (κ1) is 21.2. The van der Waals surface area contributed by atoms with E-state index in [1.54, 1.807) is 12.0 Å². The summed E-state index contributed by atoms with van der Waals surface area (Å²) in [4.78, 5) is 30.2. The predicted octanol–water partition coefficient (Wildman–Crippen LogP) is 4.51. The summed E-state index contributed by atoms with van der Waals surface area (Å²) in [6, 6.07) is 15.7. The molecule has 1 fully saturated rings. The Bertz CT molecular complexity index is 980. The van der Waals surface area contributed by atoms with Crippen molar-refractivity contribution in [1.29, 1.82) is 0 Å². The number of piperidine rings is 1. The van der Waals surface area contributed by atoms with Gasteiger partial charge in [0.05, 0.1) is 19.1 Å². The van der Waals surface area contributed by atoms with Crippen LogP contribution in [0.15, 0.2) is 48.5 Å². The monoisotopic (exact) mass is 422 g/mol. The molecule has 1 saturated heterocycles. The highest BCUT2D eigenvalue weighted by Crippen LogP contribution is 2.47. The molecular weight excluding hydrogens is 392 g/mol. The molecule has 4 rings (SSSR count). The summed E-state index contributed by atoms with van der Waals surface area (Å²) in [5.74, 6) is 0.839. The van der Waals surface area contributed by atoms with Crippen molar-refractivity contribution in [2.24, 2.45) is 0 Å². The second-order valence-corrected chi connectivity index (χ2v) is 9.34. The van der Waals surface area contributed by atoms with Crippen LogP contribution in [0.5, 0.6) is 5.75 Å². The molecule has 2 amide bonds. The van der Waals surface area contributed by atoms with Gasteiger partial charge in [0.25, 0.3) is 0 Å². The van der Waals surface area contributed by atoms with E-state index in [2.05, 4.69) is 0 Å². The second-order valence-electron chi connectivity index (χ2n) is 9.34. The van der Waals surface area contributed by atoms with Gasteiger partial charge in [0.1, 0.15) is 11.4 Å². The summed E-state index contributed by atoms with van der Waals surface area (Å²) in [7, 11) is 1.64. The lowest BCUT2D eigenvalue weighted by Crippen LogP contribution is -2.54. The number of likely N-dealkylation sites (tertiary alicyclic amines) is 1. The van der Waals surface area contributed by atoms with Crippen molar-refractivity contribution < 1.29 is 19.1 Å². The van der Waals surface area contributed by atoms with Crippen LogP contribution in [0.2, 0.25) is 0 Å². The number of benzene rings is 2. The summed E-state index contributed by atoms with van der Waals surface area (Å²) in [5, 5.41) is 0. The number of amides is 2. The van der Waals surface area contributed by atoms with Crippen molar-refractivity contribution >= 4 is 17.7 Å². The van der Waals surface area contributed by atoms with E-state index in [-0.39, 0.29) is 12.0 Å². The third-order valence-electron chi connectivity index (χ3n) is 6.01. The first-order chi connectivity index (χ1) is 14.7. The van der Waals surface area contributed by atoms with Gasteiger partial charge in [0, 0.05) is 18.8 Å². The number of hydrogen-bond donors (Lipinski definition) is 0. The largest absolute Gasteiger partial charge is 0.497 e. The van der Waals surface area contributed by atoms with Gasteiger partial charge in [0.15, 0.2) is 0 Å². The van der Waals surface area contributed by atoms with Gasteiger partial charge in [-0.25, -0.2) is 4.79 Å². The van der Waals surface area contributed by atoms with E-state index in [9.17, 15) is 9.59 Å². The number of ether oxygens (including phenoxy) is 2. The van der Waals surface area contributed by atoms with Gasteiger partial charge in [-0.1, -0.05) is 30.3 Å². The lowest BCUT2D eigenvalue weighted by Gasteiger charge is -2.40. The Morgan fingerprint density at radius 3 is 2.48 bits per heavy atom. The molecule has 6 heteroatoms. The molecule has 31 heavy (non-hydrogen) atoms. The Hall–Kier alpha value is -3.02. The molecule has 2 aliphatic heterocycles. The highest BCUT2D eigenvalue weighted by molar-refractivity contribution is 6.08. The van der Waals surface area contributed by atoms with Gasteiger partial charge in [0.2, 0.25) is 5.91 Å². The molecule has 1 atom stereocenters. The van der Waals surface area contributed by atoms with Crippen LogP contribution in [0.1, 0.15) is 44.7 Å². The molecular formula is C25H30N2O4. The molecule has 164 valence electrons. The first-order valence-corrected chi connectivity index (χ1v) is 10.8. The Kier molecular flexibility index (Phi) is 5.42. The average Bonchev–Trinajstić information content (AvgIpc) is 2.96. The highest BCUT2D eigenvalue weighted by atomic mass is 16.6. The van der Waals surface area contributed by atoms with Crippen LogP contribution in [0.25, 0.3) is 0 Å². The van der Waals surface area contributed by atoms with E-state index < -0.39 is 11.0 Å². The van der Waals surface area contributed by atoms with Crippen molar-refractivity contribution in [3.05, 3.63) is 59.7 Å². The van der Waals surface area contributed by atoms with E-state index in [0.29, 0.717) is 19.6 Å². The Morgan fingerprint density at radius 1 is 1.10 bits per heavy atom. The molecule has 0 bridgehead atoms. The van der Waals surface area contributed by atoms with Crippen LogP contribution in [0.4, 0.5) is 10.5 Å². The molecule has 0 N–H and O–H groups in total. The number of para-hydroxylation sites is 1. The third-order valence-corrected chi connectivity index (χ3v) is 6.01. The molecule has 2 heterocycles. The zero-order valence-corrected chi connectivity index (χ0v) is 18.7. The highest BCUT2D eigenvalue weighted by Gasteiger charge is 2.53. The second kappa shape index (κ2) is 7.91. The van der Waals surface area contributed by atoms with Crippen LogP contribution in [0, 0.1) is 0 Å². The van der Waals surface area contributed by atoms with Gasteiger partial charge in [-0.15, -0.1) is 0 Å². The van der Waals surface area contributed by atoms with Gasteiger partial charge in [-0.2, -0.15) is 0 Å². The molecule has 0 radical (unpaired) electrons. The summed E-state index contributed by atoms with van der Waals surface area (Å²) >= 11 is 0. The molecule has 2 aromatic carbocycles. The zero-order chi connectivity index (χ0) is 22.2. The van der Waals surface area contributed by atoms with E-state index in [1.165, 1.54) is 0 Å². The Balaban J connectivity index is 1.64. The molecule has 0 aromatic heterocycles. The maximum Gasteiger partial charge on any atom is 0.410 e. The molecule has 0 aliphatic carbocycles. The zero-order valence-electron chi connectivity index (χ0n) is 18.7. The first-order valence-electron chi connectivity index (χ1n) is 10.8. The maximum atomic E-state index is 13.8. The van der Waals surface area contributed by atoms with Crippen LogP contribution in [-0.4, -0.2) is 42.7 Å². The fourth-order valence-electron chi connectivity index (χ4n) is 4.60. The quantitative estimate of drug-likeness (QED) is 0.730. The van der Waals surface area contributed by atoms with Gasteiger partial charge in [-0.3, -0.25) is 4.79 Å². The van der Waals surface area contributed by atoms with Crippen LogP contribution >= 0.6 is 0 Å². The lowest BCUT2D eigenvalue weighted by atomic mass is 9.75. The minimum Gasteiger partial charge on any atom is -0.497 e. The van der Waals surface area contributed by atoms with Crippen molar-refractivity contribution in [2.45, 2.75) is 51.2 Å². The molecule has 2 aliphatic rings. The number of carbonyl (C=O) groups is 2. The summed E-state index contributed by atoms with van der Waals surface area (Å²) in [5.41, 5.74) is 1.66. The van der Waals surface area contributed by atoms with Crippen LogP contribution < -0.4 is 9.64 Å². The van der Waals surface area contributed by atoms with Crippen molar-refractivity contribution in [1.82, 2.24) is 4.90 Å². The van der Waals surface area contributed by atoms with Gasteiger partial charge >= 0.3 is 6.09 Å². The molecule has 2 aromatic rings. The number of nitrogens with zero attached hydrogens (tertiary/aromatic N) is 2. The standard InChI is InChI=1S/C25H30N2O4/c1-24(2,3)31-23(29)26-15-7-14-25(17-26)20-8-5-6-9-21(20)27(22(25)28)16-18-10-12-19(30-4)13-11-18/h5-6,8-13H,7,14-17H2,1-4H3. The summed E-state index contributed by atoms with van der Waals surface area (Å²) in [6.07, 6.45) is 1.13. The fraction of sp³-hybridized carbons (Fsp3) is 0.440. The number of hydrogen-bond acceptors (Lipinski definition) is 4. The third kappa shape index (κ3) is 3.99. The summed E-state index contributed by atoms with van der Waals surface area (Å²) in [6.45, 7) is 7.00. The fourth-order valence-corrected chi connectivity index (χ4v) is 4.60. The smallest absolute Gasteiger partial charge is 0.410 e. The molecule has 1 spiro atoms. The number of anilines is 1. The number of carbonyl (C=O) groups excluding carboxylic acids is 2. The molecule has 0 saturated carbocycles. The number of rotatable bonds is 3. The lowest BCUT2D eigenvalue weighted by molar-refractivity contribution is -0.125.